The third-order valence-electron chi connectivity index (χ3n) is 0.915. The van der Waals surface area contributed by atoms with Gasteiger partial charge in [0, 0.05) is 0 Å². The largest absolute Gasteiger partial charge is 0.393 e. The molecular formula is C6H11IO2. The van der Waals surface area contributed by atoms with Gasteiger partial charge >= 0.3 is 0 Å². The van der Waals surface area contributed by atoms with Crippen molar-refractivity contribution < 1.29 is 10.2 Å². The molecule has 0 aliphatic rings. The van der Waals surface area contributed by atoms with Gasteiger partial charge in [0.25, 0.3) is 0 Å². The maximum atomic E-state index is 8.83. The number of aliphatic hydroxyl groups excluding tert-OH is 2. The quantitative estimate of drug-likeness (QED) is 0.726. The minimum atomic E-state index is -0.349. The Morgan fingerprint density at radius 2 is 2.33 bits per heavy atom. The van der Waals surface area contributed by atoms with E-state index in [1.54, 1.807) is 11.0 Å². The van der Waals surface area contributed by atoms with Gasteiger partial charge in [0.2, 0.25) is 0 Å². The first-order chi connectivity index (χ1) is 4.20. The molecule has 0 rings (SSSR count). The summed E-state index contributed by atoms with van der Waals surface area (Å²) in [6, 6.07) is 0. The van der Waals surface area contributed by atoms with Crippen LogP contribution in [0.4, 0.5) is 0 Å². The Labute approximate surface area is 68.7 Å². The summed E-state index contributed by atoms with van der Waals surface area (Å²) in [5.74, 6) is 0. The lowest BCUT2D eigenvalue weighted by atomic mass is 10.1. The van der Waals surface area contributed by atoms with Crippen molar-refractivity contribution in [2.75, 3.05) is 6.61 Å². The van der Waals surface area contributed by atoms with Crippen LogP contribution in [0.3, 0.4) is 0 Å². The summed E-state index contributed by atoms with van der Waals surface area (Å²) in [4.78, 5) is 0. The van der Waals surface area contributed by atoms with E-state index in [2.05, 4.69) is 0 Å². The van der Waals surface area contributed by atoms with Gasteiger partial charge in [0.1, 0.15) is 0 Å². The Balaban J connectivity index is 3.58. The Hall–Kier alpha value is 0.390. The van der Waals surface area contributed by atoms with E-state index in [1.165, 1.54) is 0 Å². The second kappa shape index (κ2) is 5.20. The van der Waals surface area contributed by atoms with Gasteiger partial charge in [-0.1, -0.05) is 22.6 Å². The van der Waals surface area contributed by atoms with E-state index in [-0.39, 0.29) is 12.7 Å². The maximum absolute atomic E-state index is 8.83. The highest BCUT2D eigenvalue weighted by Gasteiger charge is 1.98. The normalized spacial score (nSPS) is 15.8. The average molecular weight is 242 g/mol. The molecule has 2 nitrogen and oxygen atoms in total. The lowest BCUT2D eigenvalue weighted by molar-refractivity contribution is 0.188. The Morgan fingerprint density at radius 3 is 2.44 bits per heavy atom. The van der Waals surface area contributed by atoms with E-state index in [0.29, 0.717) is 6.42 Å². The summed E-state index contributed by atoms with van der Waals surface area (Å²) in [6.07, 6.45) is 0.220. The fraction of sp³-hybridized carbons (Fsp3) is 0.667. The number of hydrogen-bond donors (Lipinski definition) is 2. The molecule has 0 saturated heterocycles. The Kier molecular flexibility index (Phi) is 5.42. The smallest absolute Gasteiger partial charge is 0.0650 e. The fourth-order valence-corrected chi connectivity index (χ4v) is 0.974. The van der Waals surface area contributed by atoms with E-state index in [1.807, 2.05) is 22.6 Å². The predicted octanol–water partition coefficient (Wildman–Crippen LogP) is 1.07. The van der Waals surface area contributed by atoms with Gasteiger partial charge in [0.05, 0.1) is 12.7 Å². The zero-order valence-corrected chi connectivity index (χ0v) is 7.50. The van der Waals surface area contributed by atoms with Crippen LogP contribution in [-0.2, 0) is 0 Å². The third-order valence-corrected chi connectivity index (χ3v) is 1.80. The maximum Gasteiger partial charge on any atom is 0.0650 e. The molecule has 0 aromatic carbocycles. The van der Waals surface area contributed by atoms with E-state index in [9.17, 15) is 0 Å². The van der Waals surface area contributed by atoms with Gasteiger partial charge in [-0.25, -0.2) is 0 Å². The van der Waals surface area contributed by atoms with Crippen molar-refractivity contribution in [1.29, 1.82) is 0 Å². The summed E-state index contributed by atoms with van der Waals surface area (Å²) in [5, 5.41) is 17.4. The molecule has 0 bridgehead atoms. The molecule has 0 amide bonds. The standard InChI is InChI=1S/C6H11IO2/c1-5(9)2-6(3-7)4-8/h3,5,8-9H,2,4H2,1H3/b6-3+. The molecular weight excluding hydrogens is 231 g/mol. The lowest BCUT2D eigenvalue weighted by Crippen LogP contribution is -2.03. The van der Waals surface area contributed by atoms with Gasteiger partial charge in [0.15, 0.2) is 0 Å². The molecule has 0 spiro atoms. The first kappa shape index (κ1) is 9.39. The van der Waals surface area contributed by atoms with Gasteiger partial charge in [-0.2, -0.15) is 0 Å². The second-order valence-corrected chi connectivity index (χ2v) is 2.60. The highest BCUT2D eigenvalue weighted by Crippen LogP contribution is 2.06. The van der Waals surface area contributed by atoms with Crippen molar-refractivity contribution >= 4 is 22.6 Å². The summed E-state index contributed by atoms with van der Waals surface area (Å²) in [5.41, 5.74) is 0.880. The van der Waals surface area contributed by atoms with Crippen LogP contribution in [0.5, 0.6) is 0 Å². The van der Waals surface area contributed by atoms with E-state index >= 15 is 0 Å². The zero-order chi connectivity index (χ0) is 7.28. The molecule has 0 aliphatic heterocycles. The second-order valence-electron chi connectivity index (χ2n) is 1.98. The molecule has 0 aromatic rings. The number of hydrogen-bond acceptors (Lipinski definition) is 2. The predicted molar refractivity (Wildman–Crippen MR) is 45.5 cm³/mol. The molecule has 0 heterocycles. The molecule has 2 N–H and O–H groups in total. The molecule has 0 saturated carbocycles. The summed E-state index contributed by atoms with van der Waals surface area (Å²) in [7, 11) is 0. The molecule has 3 heteroatoms. The van der Waals surface area contributed by atoms with Gasteiger partial charge < -0.3 is 10.2 Å². The molecule has 54 valence electrons. The monoisotopic (exact) mass is 242 g/mol. The van der Waals surface area contributed by atoms with E-state index in [0.717, 1.165) is 5.57 Å². The van der Waals surface area contributed by atoms with Crippen LogP contribution in [-0.4, -0.2) is 22.9 Å². The Bertz CT molecular complexity index is 99.2. The number of aliphatic hydroxyl groups is 2. The van der Waals surface area contributed by atoms with E-state index in [4.69, 9.17) is 10.2 Å². The average Bonchev–Trinajstić information content (AvgIpc) is 1.82. The lowest BCUT2D eigenvalue weighted by Gasteiger charge is -2.03. The summed E-state index contributed by atoms with van der Waals surface area (Å²) >= 11 is 2.05. The topological polar surface area (TPSA) is 40.5 Å². The van der Waals surface area contributed by atoms with Gasteiger partial charge in [-0.3, -0.25) is 0 Å². The Morgan fingerprint density at radius 1 is 1.78 bits per heavy atom. The number of rotatable bonds is 3. The van der Waals surface area contributed by atoms with Crippen LogP contribution in [0, 0.1) is 0 Å². The van der Waals surface area contributed by atoms with Crippen molar-refractivity contribution in [1.82, 2.24) is 0 Å². The minimum absolute atomic E-state index is 0.0494. The molecule has 0 aromatic heterocycles. The minimum Gasteiger partial charge on any atom is -0.393 e. The SMILES string of the molecule is CC(O)C/C(=C\I)CO. The van der Waals surface area contributed by atoms with Gasteiger partial charge in [-0.15, -0.1) is 0 Å². The summed E-state index contributed by atoms with van der Waals surface area (Å²) in [6.45, 7) is 1.75. The van der Waals surface area contributed by atoms with Crippen molar-refractivity contribution in [3.05, 3.63) is 9.66 Å². The molecule has 0 fully saturated rings. The van der Waals surface area contributed by atoms with Crippen molar-refractivity contribution in [2.24, 2.45) is 0 Å². The van der Waals surface area contributed by atoms with Crippen molar-refractivity contribution in [2.45, 2.75) is 19.4 Å². The van der Waals surface area contributed by atoms with E-state index < -0.39 is 0 Å². The molecule has 9 heavy (non-hydrogen) atoms. The molecule has 0 radical (unpaired) electrons. The highest BCUT2D eigenvalue weighted by molar-refractivity contribution is 14.1. The van der Waals surface area contributed by atoms with Gasteiger partial charge in [-0.05, 0) is 23.0 Å². The first-order valence-electron chi connectivity index (χ1n) is 2.77. The number of halogens is 1. The van der Waals surface area contributed by atoms with Crippen molar-refractivity contribution in [3.63, 3.8) is 0 Å². The highest BCUT2D eigenvalue weighted by atomic mass is 127. The third kappa shape index (κ3) is 4.87. The fourth-order valence-electron chi connectivity index (χ4n) is 0.523. The molecule has 1 unspecified atom stereocenters. The summed E-state index contributed by atoms with van der Waals surface area (Å²) < 4.78 is 1.80. The van der Waals surface area contributed by atoms with Crippen LogP contribution < -0.4 is 0 Å². The molecule has 0 aliphatic carbocycles. The zero-order valence-electron chi connectivity index (χ0n) is 5.34. The molecule has 1 atom stereocenters. The first-order valence-corrected chi connectivity index (χ1v) is 4.02. The van der Waals surface area contributed by atoms with Crippen LogP contribution in [0.15, 0.2) is 9.66 Å². The van der Waals surface area contributed by atoms with Crippen LogP contribution in [0.1, 0.15) is 13.3 Å². The van der Waals surface area contributed by atoms with Crippen LogP contribution in [0.25, 0.3) is 0 Å². The van der Waals surface area contributed by atoms with Crippen LogP contribution >= 0.6 is 22.6 Å². The van der Waals surface area contributed by atoms with Crippen molar-refractivity contribution in [3.8, 4) is 0 Å². The van der Waals surface area contributed by atoms with Crippen LogP contribution in [0.2, 0.25) is 0 Å².